The number of amides is 1. The van der Waals surface area contributed by atoms with Crippen molar-refractivity contribution < 1.29 is 28.2 Å². The fraction of sp³-hybridized carbons (Fsp3) is 0.458. The maximum Gasteiger partial charge on any atom is 0.410 e. The van der Waals surface area contributed by atoms with Gasteiger partial charge in [-0.25, -0.2) is 14.0 Å². The van der Waals surface area contributed by atoms with E-state index < -0.39 is 17.4 Å². The van der Waals surface area contributed by atoms with Crippen molar-refractivity contribution in [1.29, 1.82) is 5.26 Å². The van der Waals surface area contributed by atoms with Gasteiger partial charge in [-0.15, -0.1) is 0 Å². The van der Waals surface area contributed by atoms with E-state index in [1.54, 1.807) is 4.90 Å². The van der Waals surface area contributed by atoms with Crippen molar-refractivity contribution >= 4 is 17.7 Å². The van der Waals surface area contributed by atoms with E-state index in [9.17, 15) is 19.2 Å². The van der Waals surface area contributed by atoms with Crippen LogP contribution in [-0.2, 0) is 9.47 Å². The van der Waals surface area contributed by atoms with Crippen LogP contribution >= 0.6 is 0 Å². The zero-order valence-corrected chi connectivity index (χ0v) is 19.8. The van der Waals surface area contributed by atoms with Crippen molar-refractivity contribution in [2.24, 2.45) is 5.92 Å². The number of hydrogen-bond donors (Lipinski definition) is 1. The van der Waals surface area contributed by atoms with Gasteiger partial charge < -0.3 is 29.4 Å². The summed E-state index contributed by atoms with van der Waals surface area (Å²) in [7, 11) is 1.19. The highest BCUT2D eigenvalue weighted by Gasteiger charge is 2.28. The van der Waals surface area contributed by atoms with Gasteiger partial charge in [-0.3, -0.25) is 0 Å². The lowest BCUT2D eigenvalue weighted by atomic mass is 9.98. The van der Waals surface area contributed by atoms with Crippen LogP contribution in [0.1, 0.15) is 49.7 Å². The van der Waals surface area contributed by atoms with Crippen LogP contribution in [0.25, 0.3) is 5.69 Å². The summed E-state index contributed by atoms with van der Waals surface area (Å²) in [5, 5.41) is 9.34. The Morgan fingerprint density at radius 2 is 1.94 bits per heavy atom. The third-order valence-electron chi connectivity index (χ3n) is 5.46. The largest absolute Gasteiger partial charge is 0.491 e. The third kappa shape index (κ3) is 5.60. The molecule has 1 amide bonds. The summed E-state index contributed by atoms with van der Waals surface area (Å²) in [5.41, 5.74) is 5.56. The van der Waals surface area contributed by atoms with Gasteiger partial charge >= 0.3 is 12.1 Å². The van der Waals surface area contributed by atoms with Gasteiger partial charge in [0.25, 0.3) is 0 Å². The van der Waals surface area contributed by atoms with Crippen molar-refractivity contribution in [2.45, 2.75) is 39.2 Å². The summed E-state index contributed by atoms with van der Waals surface area (Å²) in [4.78, 5) is 26.3. The Hall–Kier alpha value is -3.74. The summed E-state index contributed by atoms with van der Waals surface area (Å²) < 4.78 is 31.7. The molecule has 0 aliphatic carbocycles. The van der Waals surface area contributed by atoms with Gasteiger partial charge in [-0.1, -0.05) is 0 Å². The van der Waals surface area contributed by atoms with Gasteiger partial charge in [0.1, 0.15) is 23.2 Å². The van der Waals surface area contributed by atoms with Gasteiger partial charge in [0.15, 0.2) is 5.69 Å². The third-order valence-corrected chi connectivity index (χ3v) is 5.46. The number of nitrogens with zero attached hydrogens (tertiary/aromatic N) is 3. The molecular weight excluding hydrogens is 443 g/mol. The number of rotatable bonds is 5. The number of carbonyl (C=O) groups excluding carboxylic acids is 2. The van der Waals surface area contributed by atoms with Crippen LogP contribution < -0.4 is 10.5 Å². The normalized spacial score (nSPS) is 14.4. The predicted octanol–water partition coefficient (Wildman–Crippen LogP) is 3.88. The molecule has 0 unspecified atom stereocenters. The molecule has 182 valence electrons. The quantitative estimate of drug-likeness (QED) is 0.656. The lowest BCUT2D eigenvalue weighted by molar-refractivity contribution is 0.0164. The zero-order valence-electron chi connectivity index (χ0n) is 19.8. The van der Waals surface area contributed by atoms with Crippen LogP contribution in [0.2, 0.25) is 0 Å². The Kier molecular flexibility index (Phi) is 7.35. The summed E-state index contributed by atoms with van der Waals surface area (Å²) in [6.45, 7) is 6.91. The van der Waals surface area contributed by atoms with Crippen LogP contribution in [-0.4, -0.2) is 53.9 Å². The number of nitrogens with two attached hydrogens (primary N) is 1. The van der Waals surface area contributed by atoms with Crippen molar-refractivity contribution in [2.75, 3.05) is 32.5 Å². The second-order valence-corrected chi connectivity index (χ2v) is 9.11. The molecule has 1 saturated heterocycles. The standard InChI is InChI=1S/C24H29FN4O5/c1-24(2,3)34-23(31)28-9-7-15(8-10-28)14-33-19-6-5-17(25)11-18(19)29-13-16(12-26)20(27)21(29)22(30)32-4/h5-6,11,13,15H,7-10,14,27H2,1-4H3. The van der Waals surface area contributed by atoms with E-state index in [1.165, 1.54) is 36.1 Å². The molecule has 9 nitrogen and oxygen atoms in total. The molecule has 0 atom stereocenters. The molecule has 1 aromatic carbocycles. The second kappa shape index (κ2) is 10.0. The molecule has 1 aromatic heterocycles. The fourth-order valence-electron chi connectivity index (χ4n) is 3.72. The molecule has 3 rings (SSSR count). The average Bonchev–Trinajstić information content (AvgIpc) is 3.13. The van der Waals surface area contributed by atoms with Crippen LogP contribution in [0.3, 0.4) is 0 Å². The molecule has 0 bridgehead atoms. The maximum absolute atomic E-state index is 14.1. The monoisotopic (exact) mass is 472 g/mol. The predicted molar refractivity (Wildman–Crippen MR) is 122 cm³/mol. The zero-order chi connectivity index (χ0) is 25.0. The Morgan fingerprint density at radius 1 is 1.26 bits per heavy atom. The maximum atomic E-state index is 14.1. The van der Waals surface area contributed by atoms with Crippen molar-refractivity contribution in [3.63, 3.8) is 0 Å². The van der Waals surface area contributed by atoms with E-state index in [-0.39, 0.29) is 34.6 Å². The second-order valence-electron chi connectivity index (χ2n) is 9.11. The molecule has 0 saturated carbocycles. The molecule has 0 radical (unpaired) electrons. The molecule has 2 aromatic rings. The number of nitrogen functional groups attached to an aromatic ring is 1. The fourth-order valence-corrected chi connectivity index (χ4v) is 3.72. The molecule has 2 heterocycles. The number of carbonyl (C=O) groups is 2. The minimum atomic E-state index is -0.760. The SMILES string of the molecule is COC(=O)c1c(N)c(C#N)cn1-c1cc(F)ccc1OCC1CCN(C(=O)OC(C)(C)C)CC1. The molecule has 1 fully saturated rings. The van der Waals surface area contributed by atoms with Gasteiger partial charge in [0.05, 0.1) is 30.7 Å². The number of anilines is 1. The molecule has 34 heavy (non-hydrogen) atoms. The Balaban J connectivity index is 1.75. The van der Waals surface area contributed by atoms with E-state index in [4.69, 9.17) is 19.9 Å². The number of piperidine rings is 1. The number of esters is 1. The first-order valence-corrected chi connectivity index (χ1v) is 10.9. The van der Waals surface area contributed by atoms with E-state index in [0.29, 0.717) is 25.4 Å². The van der Waals surface area contributed by atoms with E-state index in [2.05, 4.69) is 0 Å². The summed E-state index contributed by atoms with van der Waals surface area (Å²) in [5.74, 6) is -0.819. The highest BCUT2D eigenvalue weighted by molar-refractivity contribution is 5.96. The Bertz CT molecular complexity index is 1110. The molecule has 2 N–H and O–H groups in total. The number of ether oxygens (including phenoxy) is 3. The van der Waals surface area contributed by atoms with Gasteiger partial charge in [-0.2, -0.15) is 5.26 Å². The molecular formula is C24H29FN4O5. The number of hydrogen-bond acceptors (Lipinski definition) is 7. The lowest BCUT2D eigenvalue weighted by Gasteiger charge is -2.33. The van der Waals surface area contributed by atoms with E-state index in [1.807, 2.05) is 26.8 Å². The summed E-state index contributed by atoms with van der Waals surface area (Å²) >= 11 is 0. The van der Waals surface area contributed by atoms with Gasteiger partial charge in [0, 0.05) is 25.4 Å². The number of methoxy groups -OCH3 is 1. The smallest absolute Gasteiger partial charge is 0.410 e. The minimum Gasteiger partial charge on any atom is -0.491 e. The molecule has 1 aliphatic heterocycles. The number of benzene rings is 1. The van der Waals surface area contributed by atoms with Crippen LogP contribution in [0, 0.1) is 23.1 Å². The Morgan fingerprint density at radius 3 is 2.53 bits per heavy atom. The van der Waals surface area contributed by atoms with E-state index >= 15 is 0 Å². The minimum absolute atomic E-state index is 0.0564. The molecule has 10 heteroatoms. The first-order chi connectivity index (χ1) is 16.0. The highest BCUT2D eigenvalue weighted by atomic mass is 19.1. The highest BCUT2D eigenvalue weighted by Crippen LogP contribution is 2.31. The lowest BCUT2D eigenvalue weighted by Crippen LogP contribution is -2.42. The number of likely N-dealkylation sites (tertiary alicyclic amines) is 1. The van der Waals surface area contributed by atoms with Crippen molar-refractivity contribution in [3.8, 4) is 17.5 Å². The molecule has 1 aliphatic rings. The van der Waals surface area contributed by atoms with Crippen LogP contribution in [0.5, 0.6) is 5.75 Å². The van der Waals surface area contributed by atoms with Gasteiger partial charge in [-0.05, 0) is 51.7 Å². The number of halogens is 1. The first kappa shape index (κ1) is 24.9. The van der Waals surface area contributed by atoms with Crippen LogP contribution in [0.4, 0.5) is 14.9 Å². The molecule has 0 spiro atoms. The average molecular weight is 473 g/mol. The number of aromatic nitrogens is 1. The van der Waals surface area contributed by atoms with Crippen LogP contribution in [0.15, 0.2) is 24.4 Å². The topological polar surface area (TPSA) is 120 Å². The van der Waals surface area contributed by atoms with Crippen molar-refractivity contribution in [1.82, 2.24) is 9.47 Å². The van der Waals surface area contributed by atoms with Crippen molar-refractivity contribution in [3.05, 3.63) is 41.5 Å². The Labute approximate surface area is 197 Å². The van der Waals surface area contributed by atoms with Gasteiger partial charge in [0.2, 0.25) is 0 Å². The summed E-state index contributed by atoms with van der Waals surface area (Å²) in [6, 6.07) is 5.83. The van der Waals surface area contributed by atoms with E-state index in [0.717, 1.165) is 12.8 Å². The number of nitriles is 1. The first-order valence-electron chi connectivity index (χ1n) is 10.9. The summed E-state index contributed by atoms with van der Waals surface area (Å²) in [6.07, 6.45) is 2.46.